The number of nitrogens with zero attached hydrogens (tertiary/aromatic N) is 2. The number of unbranched alkanes of at least 4 members (excludes halogenated alkanes) is 2. The van der Waals surface area contributed by atoms with Crippen LogP contribution in [0.25, 0.3) is 21.9 Å². The van der Waals surface area contributed by atoms with Crippen LogP contribution in [0.1, 0.15) is 49.1 Å². The summed E-state index contributed by atoms with van der Waals surface area (Å²) in [5.74, 6) is 2.54. The average Bonchev–Trinajstić information content (AvgIpc) is 2.99. The molecule has 1 aliphatic heterocycles. The summed E-state index contributed by atoms with van der Waals surface area (Å²) in [4.78, 5) is 2.62. The quantitative estimate of drug-likeness (QED) is 0.207. The second-order valence-corrected chi connectivity index (χ2v) is 10.1. The highest BCUT2D eigenvalue weighted by Gasteiger charge is 2.23. The zero-order valence-corrected chi connectivity index (χ0v) is 22.2. The monoisotopic (exact) mass is 504 g/mol. The van der Waals surface area contributed by atoms with Crippen LogP contribution in [-0.4, -0.2) is 38.3 Å². The molecule has 4 aromatic rings. The molecule has 5 rings (SSSR count). The first-order valence-corrected chi connectivity index (χ1v) is 13.8. The largest absolute Gasteiger partial charge is 0.496 e. The van der Waals surface area contributed by atoms with E-state index in [1.165, 1.54) is 48.6 Å². The van der Waals surface area contributed by atoms with Crippen molar-refractivity contribution in [2.75, 3.05) is 33.4 Å². The molecule has 0 spiro atoms. The van der Waals surface area contributed by atoms with E-state index in [9.17, 15) is 0 Å². The Morgan fingerprint density at radius 3 is 2.24 bits per heavy atom. The Bertz CT molecular complexity index is 1360. The third-order valence-corrected chi connectivity index (χ3v) is 7.73. The lowest BCUT2D eigenvalue weighted by atomic mass is 9.87. The molecule has 4 heteroatoms. The number of methoxy groups -OCH3 is 1. The van der Waals surface area contributed by atoms with Crippen LogP contribution in [-0.2, 0) is 0 Å². The van der Waals surface area contributed by atoms with Gasteiger partial charge in [-0.25, -0.2) is 0 Å². The Morgan fingerprint density at radius 2 is 1.53 bits per heavy atom. The summed E-state index contributed by atoms with van der Waals surface area (Å²) < 4.78 is 11.8. The van der Waals surface area contributed by atoms with Crippen molar-refractivity contribution in [2.24, 2.45) is 0 Å². The molecule has 194 valence electrons. The summed E-state index contributed by atoms with van der Waals surface area (Å²) in [6.07, 6.45) is 5.85. The van der Waals surface area contributed by atoms with Crippen LogP contribution in [0.4, 0.5) is 0 Å². The van der Waals surface area contributed by atoms with Crippen LogP contribution in [0.3, 0.4) is 0 Å². The van der Waals surface area contributed by atoms with Gasteiger partial charge in [-0.3, -0.25) is 0 Å². The summed E-state index contributed by atoms with van der Waals surface area (Å²) in [5, 5.41) is 11.4. The molecule has 0 N–H and O–H groups in total. The molecule has 0 amide bonds. The Morgan fingerprint density at radius 1 is 0.816 bits per heavy atom. The van der Waals surface area contributed by atoms with E-state index in [1.807, 2.05) is 36.4 Å². The molecule has 0 radical (unpaired) electrons. The van der Waals surface area contributed by atoms with Gasteiger partial charge in [0, 0.05) is 5.39 Å². The Balaban J connectivity index is 1.00. The lowest BCUT2D eigenvalue weighted by Crippen LogP contribution is -2.33. The van der Waals surface area contributed by atoms with E-state index < -0.39 is 0 Å². The number of benzene rings is 4. The molecule has 0 aliphatic carbocycles. The van der Waals surface area contributed by atoms with Gasteiger partial charge in [-0.15, -0.1) is 0 Å². The summed E-state index contributed by atoms with van der Waals surface area (Å²) >= 11 is 0. The fourth-order valence-corrected chi connectivity index (χ4v) is 5.56. The van der Waals surface area contributed by atoms with Gasteiger partial charge >= 0.3 is 0 Å². The van der Waals surface area contributed by atoms with Crippen LogP contribution in [0, 0.1) is 11.3 Å². The molecule has 38 heavy (non-hydrogen) atoms. The van der Waals surface area contributed by atoms with Crippen molar-refractivity contribution in [3.05, 3.63) is 96.1 Å². The van der Waals surface area contributed by atoms with Gasteiger partial charge in [0.25, 0.3) is 0 Å². The van der Waals surface area contributed by atoms with Gasteiger partial charge in [-0.05, 0) is 104 Å². The Kier molecular flexibility index (Phi) is 8.58. The van der Waals surface area contributed by atoms with Gasteiger partial charge in [-0.2, -0.15) is 5.26 Å². The number of rotatable bonds is 10. The van der Waals surface area contributed by atoms with Crippen molar-refractivity contribution in [1.82, 2.24) is 4.90 Å². The predicted molar refractivity (Wildman–Crippen MR) is 155 cm³/mol. The zero-order valence-electron chi connectivity index (χ0n) is 22.2. The SMILES string of the molecule is COc1c(C2CCN(CCCCCOc3ccc(-c4ccc(C#N)cc4)cc3)CC2)ccc2ccccc12. The highest BCUT2D eigenvalue weighted by molar-refractivity contribution is 5.89. The van der Waals surface area contributed by atoms with Gasteiger partial charge in [0.15, 0.2) is 0 Å². The summed E-state index contributed by atoms with van der Waals surface area (Å²) in [6.45, 7) is 4.23. The van der Waals surface area contributed by atoms with E-state index in [1.54, 1.807) is 7.11 Å². The van der Waals surface area contributed by atoms with Crippen LogP contribution in [0.2, 0.25) is 0 Å². The Labute approximate surface area is 226 Å². The number of piperidine rings is 1. The molecule has 1 fully saturated rings. The molecule has 1 aliphatic rings. The Hall–Kier alpha value is -3.81. The zero-order chi connectivity index (χ0) is 26.2. The molecule has 0 atom stereocenters. The van der Waals surface area contributed by atoms with Crippen LogP contribution in [0.15, 0.2) is 84.9 Å². The second-order valence-electron chi connectivity index (χ2n) is 10.1. The minimum atomic E-state index is 0.572. The third kappa shape index (κ3) is 6.18. The van der Waals surface area contributed by atoms with Crippen molar-refractivity contribution in [3.8, 4) is 28.7 Å². The van der Waals surface area contributed by atoms with Crippen molar-refractivity contribution < 1.29 is 9.47 Å². The van der Waals surface area contributed by atoms with Crippen molar-refractivity contribution in [3.63, 3.8) is 0 Å². The minimum absolute atomic E-state index is 0.572. The van der Waals surface area contributed by atoms with Crippen molar-refractivity contribution in [2.45, 2.75) is 38.0 Å². The topological polar surface area (TPSA) is 45.5 Å². The molecule has 0 aromatic heterocycles. The smallest absolute Gasteiger partial charge is 0.130 e. The summed E-state index contributed by atoms with van der Waals surface area (Å²) in [7, 11) is 1.80. The van der Waals surface area contributed by atoms with E-state index in [0.29, 0.717) is 11.5 Å². The highest BCUT2D eigenvalue weighted by Crippen LogP contribution is 2.38. The van der Waals surface area contributed by atoms with Crippen LogP contribution < -0.4 is 9.47 Å². The van der Waals surface area contributed by atoms with Gasteiger partial charge < -0.3 is 14.4 Å². The van der Waals surface area contributed by atoms with Crippen molar-refractivity contribution in [1.29, 1.82) is 5.26 Å². The molecule has 0 bridgehead atoms. The average molecular weight is 505 g/mol. The van der Waals surface area contributed by atoms with Crippen LogP contribution >= 0.6 is 0 Å². The van der Waals surface area contributed by atoms with E-state index in [0.717, 1.165) is 48.7 Å². The molecule has 0 saturated carbocycles. The number of hydrogen-bond acceptors (Lipinski definition) is 4. The molecule has 0 unspecified atom stereocenters. The van der Waals surface area contributed by atoms with E-state index in [-0.39, 0.29) is 0 Å². The number of likely N-dealkylation sites (tertiary alicyclic amines) is 1. The standard InChI is InChI=1S/C34H36N2O2/c1-37-34-32-8-4-3-7-29(32)15-18-33(34)30-19-22-36(23-20-30)21-5-2-6-24-38-31-16-13-28(14-17-31)27-11-9-26(25-35)10-12-27/h3-4,7-18,30H,2,5-6,19-24H2,1H3. The number of ether oxygens (including phenoxy) is 2. The first kappa shape index (κ1) is 25.8. The van der Waals surface area contributed by atoms with E-state index in [2.05, 4.69) is 59.5 Å². The first-order valence-electron chi connectivity index (χ1n) is 13.8. The maximum Gasteiger partial charge on any atom is 0.130 e. The number of fused-ring (bicyclic) bond motifs is 1. The summed E-state index contributed by atoms with van der Waals surface area (Å²) in [5.41, 5.74) is 4.29. The second kappa shape index (κ2) is 12.6. The number of hydrogen-bond donors (Lipinski definition) is 0. The summed E-state index contributed by atoms with van der Waals surface area (Å²) in [6, 6.07) is 31.1. The lowest BCUT2D eigenvalue weighted by molar-refractivity contribution is 0.204. The van der Waals surface area contributed by atoms with Crippen molar-refractivity contribution >= 4 is 10.8 Å². The number of nitriles is 1. The van der Waals surface area contributed by atoms with E-state index in [4.69, 9.17) is 14.7 Å². The predicted octanol–water partition coefficient (Wildman–Crippen LogP) is 7.82. The van der Waals surface area contributed by atoms with Crippen LogP contribution in [0.5, 0.6) is 11.5 Å². The maximum absolute atomic E-state index is 8.96. The molecule has 4 nitrogen and oxygen atoms in total. The highest BCUT2D eigenvalue weighted by atomic mass is 16.5. The van der Waals surface area contributed by atoms with Gasteiger partial charge in [0.2, 0.25) is 0 Å². The van der Waals surface area contributed by atoms with E-state index >= 15 is 0 Å². The normalized spacial score (nSPS) is 14.3. The fourth-order valence-electron chi connectivity index (χ4n) is 5.56. The molecular weight excluding hydrogens is 468 g/mol. The van der Waals surface area contributed by atoms with Gasteiger partial charge in [0.1, 0.15) is 11.5 Å². The minimum Gasteiger partial charge on any atom is -0.496 e. The third-order valence-electron chi connectivity index (χ3n) is 7.73. The van der Waals surface area contributed by atoms with Gasteiger partial charge in [0.05, 0.1) is 25.3 Å². The maximum atomic E-state index is 8.96. The first-order chi connectivity index (χ1) is 18.7. The molecular formula is C34H36N2O2. The fraction of sp³-hybridized carbons (Fsp3) is 0.324. The molecule has 4 aromatic carbocycles. The lowest BCUT2D eigenvalue weighted by Gasteiger charge is -2.33. The molecule has 1 heterocycles. The van der Waals surface area contributed by atoms with Gasteiger partial charge in [-0.1, -0.05) is 60.7 Å². The molecule has 1 saturated heterocycles.